The molecule has 1 heterocycles. The second-order valence-electron chi connectivity index (χ2n) is 6.50. The molecule has 22 heavy (non-hydrogen) atoms. The molecular weight excluding hydrogens is 296 g/mol. The van der Waals surface area contributed by atoms with Crippen molar-refractivity contribution in [1.82, 2.24) is 14.9 Å². The smallest absolute Gasteiger partial charge is 0.210 e. The minimum atomic E-state index is 0.138. The molecular formula is C16H24N4OS. The van der Waals surface area contributed by atoms with Crippen molar-refractivity contribution in [2.75, 3.05) is 5.84 Å². The van der Waals surface area contributed by atoms with Crippen molar-refractivity contribution in [3.63, 3.8) is 0 Å². The fraction of sp³-hybridized carbons (Fsp3) is 0.500. The van der Waals surface area contributed by atoms with Crippen LogP contribution < -0.4 is 10.6 Å². The van der Waals surface area contributed by atoms with Crippen LogP contribution in [0.2, 0.25) is 0 Å². The molecule has 120 valence electrons. The number of rotatable bonds is 5. The van der Waals surface area contributed by atoms with Gasteiger partial charge in [0.1, 0.15) is 12.4 Å². The molecule has 2 aromatic rings. The van der Waals surface area contributed by atoms with Gasteiger partial charge in [-0.25, -0.2) is 4.68 Å². The largest absolute Gasteiger partial charge is 0.486 e. The second-order valence-corrected chi connectivity index (χ2v) is 8.04. The Morgan fingerprint density at radius 2 is 1.82 bits per heavy atom. The van der Waals surface area contributed by atoms with Gasteiger partial charge in [-0.1, -0.05) is 58.5 Å². The van der Waals surface area contributed by atoms with Gasteiger partial charge < -0.3 is 10.6 Å². The van der Waals surface area contributed by atoms with Crippen molar-refractivity contribution in [2.45, 2.75) is 57.0 Å². The van der Waals surface area contributed by atoms with E-state index in [1.807, 2.05) is 12.1 Å². The van der Waals surface area contributed by atoms with Crippen molar-refractivity contribution >= 4 is 11.8 Å². The fourth-order valence-electron chi connectivity index (χ4n) is 1.90. The van der Waals surface area contributed by atoms with Crippen molar-refractivity contribution in [2.24, 2.45) is 0 Å². The summed E-state index contributed by atoms with van der Waals surface area (Å²) in [5.41, 5.74) is 1.41. The van der Waals surface area contributed by atoms with Gasteiger partial charge in [0.05, 0.1) is 0 Å². The monoisotopic (exact) mass is 320 g/mol. The number of benzene rings is 1. The van der Waals surface area contributed by atoms with Gasteiger partial charge in [-0.2, -0.15) is 0 Å². The maximum Gasteiger partial charge on any atom is 0.210 e. The molecule has 0 saturated carbocycles. The average Bonchev–Trinajstić information content (AvgIpc) is 2.76. The number of nitrogens with zero attached hydrogens (tertiary/aromatic N) is 3. The third-order valence-corrected chi connectivity index (χ3v) is 4.13. The van der Waals surface area contributed by atoms with E-state index in [4.69, 9.17) is 10.6 Å². The van der Waals surface area contributed by atoms with Crippen LogP contribution in [0.3, 0.4) is 0 Å². The van der Waals surface area contributed by atoms with Crippen molar-refractivity contribution in [3.05, 3.63) is 35.7 Å². The van der Waals surface area contributed by atoms with Gasteiger partial charge in [0.25, 0.3) is 0 Å². The predicted octanol–water partition coefficient (Wildman–Crippen LogP) is 3.37. The second kappa shape index (κ2) is 6.60. The van der Waals surface area contributed by atoms with E-state index in [2.05, 4.69) is 56.9 Å². The lowest BCUT2D eigenvalue weighted by Crippen LogP contribution is -2.16. The molecule has 0 unspecified atom stereocenters. The summed E-state index contributed by atoms with van der Waals surface area (Å²) in [5.74, 6) is 7.40. The quantitative estimate of drug-likeness (QED) is 0.676. The Morgan fingerprint density at radius 3 is 2.36 bits per heavy atom. The highest BCUT2D eigenvalue weighted by atomic mass is 32.2. The maximum absolute atomic E-state index is 5.99. The van der Waals surface area contributed by atoms with Crippen LogP contribution >= 0.6 is 11.8 Å². The Bertz CT molecular complexity index is 614. The summed E-state index contributed by atoms with van der Waals surface area (Å²) in [6.07, 6.45) is 0. The average molecular weight is 320 g/mol. The van der Waals surface area contributed by atoms with Crippen LogP contribution in [0.1, 0.15) is 46.0 Å². The first kappa shape index (κ1) is 16.7. The van der Waals surface area contributed by atoms with E-state index in [1.165, 1.54) is 10.2 Å². The highest BCUT2D eigenvalue weighted by Crippen LogP contribution is 2.25. The number of hydrogen-bond donors (Lipinski definition) is 1. The summed E-state index contributed by atoms with van der Waals surface area (Å²) in [6, 6.07) is 8.12. The molecule has 0 aliphatic carbocycles. The summed E-state index contributed by atoms with van der Waals surface area (Å²) in [6.45, 7) is 11.0. The summed E-state index contributed by atoms with van der Waals surface area (Å²) < 4.78 is 7.24. The summed E-state index contributed by atoms with van der Waals surface area (Å²) >= 11 is 1.58. The van der Waals surface area contributed by atoms with Gasteiger partial charge in [0.2, 0.25) is 5.16 Å². The molecule has 2 rings (SSSR count). The van der Waals surface area contributed by atoms with E-state index in [9.17, 15) is 0 Å². The van der Waals surface area contributed by atoms with Crippen molar-refractivity contribution in [1.29, 1.82) is 0 Å². The highest BCUT2D eigenvalue weighted by Gasteiger charge is 2.14. The maximum atomic E-state index is 5.99. The van der Waals surface area contributed by atoms with E-state index in [0.717, 1.165) is 5.75 Å². The Hall–Kier alpha value is -1.69. The molecule has 1 aromatic carbocycles. The molecule has 0 radical (unpaired) electrons. The van der Waals surface area contributed by atoms with Crippen molar-refractivity contribution < 1.29 is 4.74 Å². The molecule has 0 atom stereocenters. The summed E-state index contributed by atoms with van der Waals surface area (Å²) in [7, 11) is 0. The molecule has 0 spiro atoms. The van der Waals surface area contributed by atoms with E-state index in [0.29, 0.717) is 22.8 Å². The van der Waals surface area contributed by atoms with Gasteiger partial charge in [0.15, 0.2) is 5.82 Å². The normalized spacial score (nSPS) is 11.9. The topological polar surface area (TPSA) is 66.0 Å². The zero-order chi connectivity index (χ0) is 16.3. The van der Waals surface area contributed by atoms with E-state index < -0.39 is 0 Å². The standard InChI is InChI=1S/C16H24N4OS/c1-11(2)22-15-19-18-14(20(15)17)10-21-13-8-6-12(7-9-13)16(3,4)5/h6-9,11H,10,17H2,1-5H3. The highest BCUT2D eigenvalue weighted by molar-refractivity contribution is 7.99. The van der Waals surface area contributed by atoms with Crippen LogP contribution in [0.5, 0.6) is 5.75 Å². The third-order valence-electron chi connectivity index (χ3n) is 3.16. The minimum Gasteiger partial charge on any atom is -0.486 e. The lowest BCUT2D eigenvalue weighted by Gasteiger charge is -2.19. The first-order valence-corrected chi connectivity index (χ1v) is 8.24. The number of aromatic nitrogens is 3. The lowest BCUT2D eigenvalue weighted by atomic mass is 9.87. The molecule has 0 amide bonds. The van der Waals surface area contributed by atoms with Crippen LogP contribution in [0.4, 0.5) is 0 Å². The Morgan fingerprint density at radius 1 is 1.18 bits per heavy atom. The Kier molecular flexibility index (Phi) is 5.01. The van der Waals surface area contributed by atoms with Gasteiger partial charge in [-0.3, -0.25) is 0 Å². The number of nitrogen functional groups attached to an aromatic ring is 1. The lowest BCUT2D eigenvalue weighted by molar-refractivity contribution is 0.291. The minimum absolute atomic E-state index is 0.138. The first-order valence-electron chi connectivity index (χ1n) is 7.36. The SMILES string of the molecule is CC(C)Sc1nnc(COc2ccc(C(C)(C)C)cc2)n1N. The van der Waals surface area contributed by atoms with E-state index in [1.54, 1.807) is 11.8 Å². The Balaban J connectivity index is 2.00. The fourth-order valence-corrected chi connectivity index (χ4v) is 2.62. The third kappa shape index (κ3) is 4.16. The number of thioether (sulfide) groups is 1. The number of ether oxygens (including phenoxy) is 1. The van der Waals surface area contributed by atoms with E-state index in [-0.39, 0.29) is 5.41 Å². The van der Waals surface area contributed by atoms with Crippen LogP contribution in [-0.4, -0.2) is 20.1 Å². The van der Waals surface area contributed by atoms with Crippen LogP contribution in [0.25, 0.3) is 0 Å². The molecule has 0 aliphatic heterocycles. The van der Waals surface area contributed by atoms with Crippen LogP contribution in [0.15, 0.2) is 29.4 Å². The van der Waals surface area contributed by atoms with E-state index >= 15 is 0 Å². The van der Waals surface area contributed by atoms with Gasteiger partial charge in [-0.15, -0.1) is 10.2 Å². The van der Waals surface area contributed by atoms with Crippen LogP contribution in [-0.2, 0) is 12.0 Å². The van der Waals surface area contributed by atoms with Gasteiger partial charge in [0, 0.05) is 5.25 Å². The summed E-state index contributed by atoms with van der Waals surface area (Å²) in [5, 5.41) is 9.28. The first-order chi connectivity index (χ1) is 10.3. The molecule has 5 nitrogen and oxygen atoms in total. The molecule has 0 fully saturated rings. The molecule has 1 aromatic heterocycles. The summed E-state index contributed by atoms with van der Waals surface area (Å²) in [4.78, 5) is 0. The number of hydrogen-bond acceptors (Lipinski definition) is 5. The molecule has 0 bridgehead atoms. The molecule has 2 N–H and O–H groups in total. The van der Waals surface area contributed by atoms with Gasteiger partial charge in [-0.05, 0) is 23.1 Å². The molecule has 6 heteroatoms. The Labute approximate surface area is 136 Å². The zero-order valence-corrected chi connectivity index (χ0v) is 14.6. The molecule has 0 aliphatic rings. The zero-order valence-electron chi connectivity index (χ0n) is 13.8. The number of nitrogens with two attached hydrogens (primary N) is 1. The van der Waals surface area contributed by atoms with Crippen LogP contribution in [0, 0.1) is 0 Å². The van der Waals surface area contributed by atoms with Gasteiger partial charge >= 0.3 is 0 Å². The van der Waals surface area contributed by atoms with Crippen molar-refractivity contribution in [3.8, 4) is 5.75 Å². The predicted molar refractivity (Wildman–Crippen MR) is 90.6 cm³/mol. The molecule has 0 saturated heterocycles.